The van der Waals surface area contributed by atoms with Crippen LogP contribution in [0.1, 0.15) is 12.5 Å². The standard InChI is InChI=1S/C13H12.C2H4/c1-10(2)12-8-7-11-5-3-4-6-13(11)9-12;1-2/h3-9H,1H2,2H3;1-2H2. The van der Waals surface area contributed by atoms with E-state index in [4.69, 9.17) is 0 Å². The van der Waals surface area contributed by atoms with Gasteiger partial charge in [-0.25, -0.2) is 0 Å². The Balaban J connectivity index is 0.000000531. The van der Waals surface area contributed by atoms with Crippen molar-refractivity contribution in [1.82, 2.24) is 0 Å². The molecular weight excluding hydrogens is 180 g/mol. The summed E-state index contributed by atoms with van der Waals surface area (Å²) in [4.78, 5) is 0. The van der Waals surface area contributed by atoms with Crippen molar-refractivity contribution in [3.8, 4) is 0 Å². The van der Waals surface area contributed by atoms with Gasteiger partial charge in [0.05, 0.1) is 0 Å². The molecule has 0 aliphatic rings. The molecule has 0 aliphatic carbocycles. The van der Waals surface area contributed by atoms with Crippen molar-refractivity contribution in [3.05, 3.63) is 67.8 Å². The smallest absolute Gasteiger partial charge is 0.0178 e. The highest BCUT2D eigenvalue weighted by Gasteiger charge is 1.95. The Labute approximate surface area is 91.6 Å². The molecule has 0 atom stereocenters. The van der Waals surface area contributed by atoms with E-state index < -0.39 is 0 Å². The minimum atomic E-state index is 1.12. The Kier molecular flexibility index (Phi) is 3.87. The second kappa shape index (κ2) is 5.16. The number of hydrogen-bond donors (Lipinski definition) is 0. The summed E-state index contributed by atoms with van der Waals surface area (Å²) in [7, 11) is 0. The van der Waals surface area contributed by atoms with Crippen LogP contribution in [0.25, 0.3) is 16.3 Å². The molecule has 0 aliphatic heterocycles. The molecule has 2 rings (SSSR count). The minimum absolute atomic E-state index is 1.12. The van der Waals surface area contributed by atoms with Crippen LogP contribution in [0.3, 0.4) is 0 Å². The molecule has 0 aromatic heterocycles. The van der Waals surface area contributed by atoms with Gasteiger partial charge in [-0.3, -0.25) is 0 Å². The van der Waals surface area contributed by atoms with Crippen LogP contribution in [0.5, 0.6) is 0 Å². The highest BCUT2D eigenvalue weighted by molar-refractivity contribution is 5.85. The van der Waals surface area contributed by atoms with Crippen molar-refractivity contribution < 1.29 is 0 Å². The van der Waals surface area contributed by atoms with Crippen molar-refractivity contribution in [2.24, 2.45) is 0 Å². The zero-order valence-electron chi connectivity index (χ0n) is 9.16. The van der Waals surface area contributed by atoms with E-state index in [-0.39, 0.29) is 0 Å². The van der Waals surface area contributed by atoms with Gasteiger partial charge in [-0.15, -0.1) is 13.2 Å². The fraction of sp³-hybridized carbons (Fsp3) is 0.0667. The first-order chi connectivity index (χ1) is 7.27. The molecule has 0 N–H and O–H groups in total. The summed E-state index contributed by atoms with van der Waals surface area (Å²) in [6.45, 7) is 12.0. The highest BCUT2D eigenvalue weighted by Crippen LogP contribution is 2.19. The number of rotatable bonds is 1. The van der Waals surface area contributed by atoms with Gasteiger partial charge in [-0.1, -0.05) is 48.6 Å². The van der Waals surface area contributed by atoms with Crippen molar-refractivity contribution in [3.63, 3.8) is 0 Å². The van der Waals surface area contributed by atoms with Crippen LogP contribution < -0.4 is 0 Å². The van der Waals surface area contributed by atoms with Crippen molar-refractivity contribution in [2.45, 2.75) is 6.92 Å². The summed E-state index contributed by atoms with van der Waals surface area (Å²) in [6, 6.07) is 14.8. The molecule has 0 saturated carbocycles. The predicted octanol–water partition coefficient (Wildman–Crippen LogP) is 4.68. The zero-order chi connectivity index (χ0) is 11.3. The lowest BCUT2D eigenvalue weighted by atomic mass is 10.0. The minimum Gasteiger partial charge on any atom is -0.106 e. The molecule has 0 saturated heterocycles. The van der Waals surface area contributed by atoms with Gasteiger partial charge in [-0.2, -0.15) is 0 Å². The lowest BCUT2D eigenvalue weighted by Gasteiger charge is -2.01. The molecule has 0 bridgehead atoms. The van der Waals surface area contributed by atoms with E-state index in [0.717, 1.165) is 5.57 Å². The summed E-state index contributed by atoms with van der Waals surface area (Å²) in [6.07, 6.45) is 0. The van der Waals surface area contributed by atoms with Gasteiger partial charge >= 0.3 is 0 Å². The van der Waals surface area contributed by atoms with Crippen molar-refractivity contribution in [2.75, 3.05) is 0 Å². The SMILES string of the molecule is C=C.C=C(C)c1ccc2ccccc2c1. The van der Waals surface area contributed by atoms with E-state index in [1.54, 1.807) is 0 Å². The molecule has 0 unspecified atom stereocenters. The van der Waals surface area contributed by atoms with Gasteiger partial charge in [0.25, 0.3) is 0 Å². The molecule has 0 amide bonds. The van der Waals surface area contributed by atoms with Gasteiger partial charge < -0.3 is 0 Å². The molecule has 0 heterocycles. The lowest BCUT2D eigenvalue weighted by Crippen LogP contribution is -1.78. The molecule has 76 valence electrons. The van der Waals surface area contributed by atoms with Crippen LogP contribution in [0.15, 0.2) is 62.2 Å². The molecule has 2 aromatic carbocycles. The summed E-state index contributed by atoms with van der Waals surface area (Å²) in [5.74, 6) is 0. The normalized spacial score (nSPS) is 9.13. The summed E-state index contributed by atoms with van der Waals surface area (Å²) in [5.41, 5.74) is 2.34. The zero-order valence-corrected chi connectivity index (χ0v) is 9.16. The highest BCUT2D eigenvalue weighted by atomic mass is 14.0. The third kappa shape index (κ3) is 2.57. The van der Waals surface area contributed by atoms with Crippen LogP contribution in [0, 0.1) is 0 Å². The van der Waals surface area contributed by atoms with Gasteiger partial charge in [0.1, 0.15) is 0 Å². The molecule has 2 aromatic rings. The van der Waals surface area contributed by atoms with E-state index in [9.17, 15) is 0 Å². The molecule has 0 heteroatoms. The maximum Gasteiger partial charge on any atom is -0.0178 e. The van der Waals surface area contributed by atoms with Gasteiger partial charge in [0, 0.05) is 0 Å². The van der Waals surface area contributed by atoms with Crippen LogP contribution in [0.2, 0.25) is 0 Å². The maximum absolute atomic E-state index is 3.93. The van der Waals surface area contributed by atoms with Gasteiger partial charge in [0.15, 0.2) is 0 Å². The molecular formula is C15H16. The van der Waals surface area contributed by atoms with E-state index in [1.165, 1.54) is 16.3 Å². The van der Waals surface area contributed by atoms with Crippen LogP contribution >= 0.6 is 0 Å². The van der Waals surface area contributed by atoms with E-state index >= 15 is 0 Å². The molecule has 0 radical (unpaired) electrons. The molecule has 15 heavy (non-hydrogen) atoms. The number of allylic oxidation sites excluding steroid dienone is 1. The van der Waals surface area contributed by atoms with E-state index in [0.29, 0.717) is 0 Å². The fourth-order valence-electron chi connectivity index (χ4n) is 1.45. The number of fused-ring (bicyclic) bond motifs is 1. The topological polar surface area (TPSA) is 0 Å². The maximum atomic E-state index is 3.93. The Morgan fingerprint density at radius 3 is 2.13 bits per heavy atom. The monoisotopic (exact) mass is 196 g/mol. The molecule has 0 fully saturated rings. The third-order valence-electron chi connectivity index (χ3n) is 2.24. The molecule has 0 spiro atoms. The van der Waals surface area contributed by atoms with Gasteiger partial charge in [0.2, 0.25) is 0 Å². The average Bonchev–Trinajstić information content (AvgIpc) is 2.31. The first-order valence-corrected chi connectivity index (χ1v) is 4.92. The first-order valence-electron chi connectivity index (χ1n) is 4.92. The lowest BCUT2D eigenvalue weighted by molar-refractivity contribution is 1.62. The van der Waals surface area contributed by atoms with Gasteiger partial charge in [-0.05, 0) is 29.3 Å². The van der Waals surface area contributed by atoms with Crippen molar-refractivity contribution in [1.29, 1.82) is 0 Å². The second-order valence-electron chi connectivity index (χ2n) is 3.34. The van der Waals surface area contributed by atoms with Crippen LogP contribution in [-0.4, -0.2) is 0 Å². The molecule has 0 nitrogen and oxygen atoms in total. The third-order valence-corrected chi connectivity index (χ3v) is 2.24. The Hall–Kier alpha value is -1.82. The quantitative estimate of drug-likeness (QED) is 0.581. The van der Waals surface area contributed by atoms with Crippen LogP contribution in [0.4, 0.5) is 0 Å². The second-order valence-corrected chi connectivity index (χ2v) is 3.34. The predicted molar refractivity (Wildman–Crippen MR) is 69.9 cm³/mol. The number of benzene rings is 2. The van der Waals surface area contributed by atoms with E-state index in [1.807, 2.05) is 6.92 Å². The Morgan fingerprint density at radius 1 is 0.933 bits per heavy atom. The first kappa shape index (κ1) is 11.3. The summed E-state index contributed by atoms with van der Waals surface area (Å²) < 4.78 is 0. The van der Waals surface area contributed by atoms with Crippen LogP contribution in [-0.2, 0) is 0 Å². The summed E-state index contributed by atoms with van der Waals surface area (Å²) >= 11 is 0. The Bertz CT molecular complexity index is 466. The summed E-state index contributed by atoms with van der Waals surface area (Å²) in [5, 5.41) is 2.57. The Morgan fingerprint density at radius 2 is 1.53 bits per heavy atom. The van der Waals surface area contributed by atoms with Crippen molar-refractivity contribution >= 4 is 16.3 Å². The largest absolute Gasteiger partial charge is 0.106 e. The fourth-order valence-corrected chi connectivity index (χ4v) is 1.45. The average molecular weight is 196 g/mol. The number of hydrogen-bond acceptors (Lipinski definition) is 0. The van der Waals surface area contributed by atoms with E-state index in [2.05, 4.69) is 62.2 Å².